The van der Waals surface area contributed by atoms with E-state index in [0.717, 1.165) is 16.1 Å². The number of nitrogens with one attached hydrogen (secondary N) is 1. The zero-order valence-electron chi connectivity index (χ0n) is 10.5. The van der Waals surface area contributed by atoms with E-state index in [9.17, 15) is 5.11 Å². The lowest BCUT2D eigenvalue weighted by atomic mass is 9.89. The molecule has 19 heavy (non-hydrogen) atoms. The van der Waals surface area contributed by atoms with Crippen molar-refractivity contribution in [2.45, 2.75) is 18.1 Å². The molecule has 1 aliphatic rings. The van der Waals surface area contributed by atoms with Crippen LogP contribution in [-0.2, 0) is 5.60 Å². The van der Waals surface area contributed by atoms with Gasteiger partial charge in [-0.2, -0.15) is 0 Å². The van der Waals surface area contributed by atoms with Crippen molar-refractivity contribution in [2.75, 3.05) is 6.54 Å². The molecule has 1 saturated heterocycles. The number of benzene rings is 2. The van der Waals surface area contributed by atoms with Crippen LogP contribution >= 0.6 is 11.6 Å². The molecule has 3 rings (SSSR count). The third-order valence-electron chi connectivity index (χ3n) is 3.77. The average molecular weight is 274 g/mol. The van der Waals surface area contributed by atoms with Crippen LogP contribution in [0.25, 0.3) is 0 Å². The van der Waals surface area contributed by atoms with Crippen molar-refractivity contribution in [1.82, 2.24) is 5.32 Å². The molecule has 0 spiro atoms. The van der Waals surface area contributed by atoms with E-state index in [4.69, 9.17) is 11.6 Å². The molecule has 2 aromatic carbocycles. The third kappa shape index (κ3) is 2.52. The minimum absolute atomic E-state index is 0.169. The Labute approximate surface area is 118 Å². The molecule has 98 valence electrons. The zero-order valence-corrected chi connectivity index (χ0v) is 11.3. The number of aliphatic hydroxyl groups is 1. The van der Waals surface area contributed by atoms with Crippen molar-refractivity contribution in [1.29, 1.82) is 0 Å². The molecule has 0 saturated carbocycles. The molecule has 2 atom stereocenters. The molecule has 0 amide bonds. The second-order valence-electron chi connectivity index (χ2n) is 5.09. The van der Waals surface area contributed by atoms with Crippen molar-refractivity contribution in [3.8, 4) is 0 Å². The highest BCUT2D eigenvalue weighted by Gasteiger charge is 2.38. The summed E-state index contributed by atoms with van der Waals surface area (Å²) in [7, 11) is 0. The monoisotopic (exact) mass is 273 g/mol. The average Bonchev–Trinajstić information content (AvgIpc) is 2.85. The first-order valence-corrected chi connectivity index (χ1v) is 6.82. The molecule has 0 aliphatic carbocycles. The molecule has 0 bridgehead atoms. The fourth-order valence-electron chi connectivity index (χ4n) is 2.67. The van der Waals surface area contributed by atoms with E-state index in [2.05, 4.69) is 5.32 Å². The van der Waals surface area contributed by atoms with Gasteiger partial charge in [-0.1, -0.05) is 54.1 Å². The Kier molecular flexibility index (Phi) is 3.31. The lowest BCUT2D eigenvalue weighted by Gasteiger charge is -2.22. The predicted molar refractivity (Wildman–Crippen MR) is 77.2 cm³/mol. The van der Waals surface area contributed by atoms with Crippen molar-refractivity contribution in [3.63, 3.8) is 0 Å². The van der Waals surface area contributed by atoms with Crippen molar-refractivity contribution >= 4 is 11.6 Å². The van der Waals surface area contributed by atoms with Gasteiger partial charge in [-0.15, -0.1) is 0 Å². The number of rotatable bonds is 2. The summed E-state index contributed by atoms with van der Waals surface area (Å²) in [6.45, 7) is 0.574. The van der Waals surface area contributed by atoms with Crippen LogP contribution in [0.1, 0.15) is 23.6 Å². The standard InChI is InChI=1S/C16H16ClNO/c17-14-8-6-12(7-9-14)15-10-16(19,11-18-15)13-4-2-1-3-5-13/h1-9,15,18-19H,10-11H2/t15-,16-/m1/s1. The summed E-state index contributed by atoms with van der Waals surface area (Å²) >= 11 is 5.90. The fourth-order valence-corrected chi connectivity index (χ4v) is 2.80. The van der Waals surface area contributed by atoms with Crippen LogP contribution in [0.5, 0.6) is 0 Å². The maximum atomic E-state index is 10.8. The highest BCUT2D eigenvalue weighted by atomic mass is 35.5. The normalized spacial score (nSPS) is 26.5. The predicted octanol–water partition coefficient (Wildman–Crippen LogP) is 3.26. The van der Waals surface area contributed by atoms with Gasteiger partial charge in [0.25, 0.3) is 0 Å². The van der Waals surface area contributed by atoms with Gasteiger partial charge in [-0.3, -0.25) is 0 Å². The Morgan fingerprint density at radius 2 is 1.74 bits per heavy atom. The fraction of sp³-hybridized carbons (Fsp3) is 0.250. The van der Waals surface area contributed by atoms with Crippen LogP contribution in [0.3, 0.4) is 0 Å². The van der Waals surface area contributed by atoms with E-state index >= 15 is 0 Å². The molecule has 1 fully saturated rings. The first-order chi connectivity index (χ1) is 9.17. The Bertz CT molecular complexity index is 555. The smallest absolute Gasteiger partial charge is 0.104 e. The number of hydrogen-bond donors (Lipinski definition) is 2. The van der Waals surface area contributed by atoms with Gasteiger partial charge in [-0.25, -0.2) is 0 Å². The molecule has 0 radical (unpaired) electrons. The van der Waals surface area contributed by atoms with Crippen molar-refractivity contribution in [3.05, 3.63) is 70.7 Å². The van der Waals surface area contributed by atoms with Gasteiger partial charge in [0.1, 0.15) is 5.60 Å². The van der Waals surface area contributed by atoms with Crippen LogP contribution in [0.2, 0.25) is 5.02 Å². The molecule has 2 N–H and O–H groups in total. The zero-order chi connectivity index (χ0) is 13.3. The lowest BCUT2D eigenvalue weighted by Crippen LogP contribution is -2.28. The van der Waals surface area contributed by atoms with E-state index in [1.54, 1.807) is 0 Å². The minimum Gasteiger partial charge on any atom is -0.384 e. The summed E-state index contributed by atoms with van der Waals surface area (Å²) in [6, 6.07) is 17.8. The molecule has 0 aromatic heterocycles. The van der Waals surface area contributed by atoms with E-state index in [0.29, 0.717) is 13.0 Å². The summed E-state index contributed by atoms with van der Waals surface area (Å²) in [5, 5.41) is 14.9. The van der Waals surface area contributed by atoms with Crippen LogP contribution in [0.15, 0.2) is 54.6 Å². The van der Waals surface area contributed by atoms with Crippen molar-refractivity contribution < 1.29 is 5.11 Å². The van der Waals surface area contributed by atoms with Gasteiger partial charge in [0.15, 0.2) is 0 Å². The lowest BCUT2D eigenvalue weighted by molar-refractivity contribution is 0.0559. The third-order valence-corrected chi connectivity index (χ3v) is 4.02. The molecular weight excluding hydrogens is 258 g/mol. The first-order valence-electron chi connectivity index (χ1n) is 6.44. The molecule has 1 aliphatic heterocycles. The molecular formula is C16H16ClNO. The Hall–Kier alpha value is -1.35. The van der Waals surface area contributed by atoms with Gasteiger partial charge >= 0.3 is 0 Å². The van der Waals surface area contributed by atoms with Gasteiger partial charge < -0.3 is 10.4 Å². The second kappa shape index (κ2) is 4.97. The summed E-state index contributed by atoms with van der Waals surface area (Å²) in [5.41, 5.74) is 1.35. The quantitative estimate of drug-likeness (QED) is 0.880. The highest BCUT2D eigenvalue weighted by Crippen LogP contribution is 2.37. The van der Waals surface area contributed by atoms with E-state index in [1.807, 2.05) is 54.6 Å². The Morgan fingerprint density at radius 1 is 1.05 bits per heavy atom. The summed E-state index contributed by atoms with van der Waals surface area (Å²) in [4.78, 5) is 0. The van der Waals surface area contributed by atoms with Crippen molar-refractivity contribution in [2.24, 2.45) is 0 Å². The molecule has 2 nitrogen and oxygen atoms in total. The maximum Gasteiger partial charge on any atom is 0.104 e. The first kappa shape index (κ1) is 12.7. The van der Waals surface area contributed by atoms with Gasteiger partial charge in [-0.05, 0) is 23.3 Å². The maximum absolute atomic E-state index is 10.8. The van der Waals surface area contributed by atoms with E-state index < -0.39 is 5.60 Å². The van der Waals surface area contributed by atoms with Crippen LogP contribution < -0.4 is 5.32 Å². The largest absolute Gasteiger partial charge is 0.384 e. The summed E-state index contributed by atoms with van der Waals surface area (Å²) in [5.74, 6) is 0. The van der Waals surface area contributed by atoms with Crippen LogP contribution in [0, 0.1) is 0 Å². The van der Waals surface area contributed by atoms with E-state index in [-0.39, 0.29) is 6.04 Å². The molecule has 1 heterocycles. The number of β-amino-alcohol motifs (C(OH)–C–C–N with tert-alkyl or cyclic N) is 1. The highest BCUT2D eigenvalue weighted by molar-refractivity contribution is 6.30. The molecule has 3 heteroatoms. The van der Waals surface area contributed by atoms with Gasteiger partial charge in [0.2, 0.25) is 0 Å². The van der Waals surface area contributed by atoms with Gasteiger partial charge in [0, 0.05) is 24.0 Å². The van der Waals surface area contributed by atoms with Crippen LogP contribution in [0.4, 0.5) is 0 Å². The molecule has 0 unspecified atom stereocenters. The Morgan fingerprint density at radius 3 is 2.42 bits per heavy atom. The topological polar surface area (TPSA) is 32.3 Å². The molecule has 2 aromatic rings. The second-order valence-corrected chi connectivity index (χ2v) is 5.52. The number of halogens is 1. The van der Waals surface area contributed by atoms with Crippen LogP contribution in [-0.4, -0.2) is 11.7 Å². The SMILES string of the molecule is O[C@@]1(c2ccccc2)CN[C@@H](c2ccc(Cl)cc2)C1. The van der Waals surface area contributed by atoms with E-state index in [1.165, 1.54) is 0 Å². The number of hydrogen-bond acceptors (Lipinski definition) is 2. The Balaban J connectivity index is 1.82. The summed E-state index contributed by atoms with van der Waals surface area (Å²) < 4.78 is 0. The summed E-state index contributed by atoms with van der Waals surface area (Å²) in [6.07, 6.45) is 0.679. The minimum atomic E-state index is -0.786. The van der Waals surface area contributed by atoms with Gasteiger partial charge in [0.05, 0.1) is 0 Å².